The van der Waals surface area contributed by atoms with Gasteiger partial charge in [0.05, 0.1) is 11.7 Å². The zero-order valence-corrected chi connectivity index (χ0v) is 19.2. The Kier molecular flexibility index (Phi) is 5.68. The lowest BCUT2D eigenvalue weighted by molar-refractivity contribution is -0.141. The molecule has 2 aromatic rings. The van der Waals surface area contributed by atoms with Gasteiger partial charge in [0, 0.05) is 23.7 Å². The molecule has 2 aromatic heterocycles. The van der Waals surface area contributed by atoms with Gasteiger partial charge in [-0.15, -0.1) is 0 Å². The van der Waals surface area contributed by atoms with E-state index in [-0.39, 0.29) is 47.5 Å². The number of likely N-dealkylation sites (tertiary alicyclic amines) is 1. The first kappa shape index (κ1) is 22.2. The molecular weight excluding hydrogens is 408 g/mol. The summed E-state index contributed by atoms with van der Waals surface area (Å²) in [7, 11) is 0. The molecule has 0 spiro atoms. The Labute approximate surface area is 187 Å². The van der Waals surface area contributed by atoms with Gasteiger partial charge in [-0.25, -0.2) is 0 Å². The molecule has 1 saturated heterocycles. The second-order valence-electron chi connectivity index (χ2n) is 10.1. The van der Waals surface area contributed by atoms with Crippen molar-refractivity contribution in [3.05, 3.63) is 24.2 Å². The van der Waals surface area contributed by atoms with Crippen LogP contribution in [-0.4, -0.2) is 55.5 Å². The van der Waals surface area contributed by atoms with Crippen LogP contribution in [0.1, 0.15) is 63.9 Å². The lowest BCUT2D eigenvalue weighted by Gasteiger charge is -2.29. The second-order valence-corrected chi connectivity index (χ2v) is 10.1. The molecule has 1 saturated carbocycles. The quantitative estimate of drug-likeness (QED) is 0.734. The molecule has 4 rings (SSSR count). The number of fused-ring (bicyclic) bond motifs is 1. The number of nitrogens with two attached hydrogens (primary N) is 1. The number of nitrogens with zero attached hydrogens (tertiary/aromatic N) is 4. The molecule has 2 fully saturated rings. The molecule has 1 unspecified atom stereocenters. The lowest BCUT2D eigenvalue weighted by atomic mass is 9.92. The molecule has 3 amide bonds. The van der Waals surface area contributed by atoms with Crippen molar-refractivity contribution in [2.45, 2.75) is 78.0 Å². The average molecular weight is 441 g/mol. The Hall–Kier alpha value is -2.97. The number of pyridine rings is 1. The summed E-state index contributed by atoms with van der Waals surface area (Å²) in [5.74, 6) is -0.751. The third kappa shape index (κ3) is 4.08. The third-order valence-electron chi connectivity index (χ3n) is 7.17. The fourth-order valence-corrected chi connectivity index (χ4v) is 5.24. The molecule has 0 radical (unpaired) electrons. The summed E-state index contributed by atoms with van der Waals surface area (Å²) in [5, 5.41) is 8.01. The molecule has 1 aliphatic carbocycles. The van der Waals surface area contributed by atoms with E-state index in [4.69, 9.17) is 5.73 Å². The van der Waals surface area contributed by atoms with Crippen molar-refractivity contribution in [2.75, 3.05) is 0 Å². The monoisotopic (exact) mass is 440 g/mol. The number of primary amides is 1. The van der Waals surface area contributed by atoms with E-state index in [0.717, 1.165) is 19.3 Å². The molecule has 9 nitrogen and oxygen atoms in total. The number of hydrogen-bond donors (Lipinski definition) is 2. The minimum atomic E-state index is -0.660. The minimum Gasteiger partial charge on any atom is -0.364 e. The SMILES string of the molecule is C[C@@H]1C[C@@H](C(=O)NC2CCC(C)(C)C2)N(C(=O)Cn2nc(C(N)=O)c3ccncc32)[C@@H]1C. The number of nitrogens with one attached hydrogen (secondary N) is 1. The normalized spacial score (nSPS) is 27.1. The Morgan fingerprint density at radius 1 is 1.28 bits per heavy atom. The van der Waals surface area contributed by atoms with Crippen LogP contribution in [0.5, 0.6) is 0 Å². The van der Waals surface area contributed by atoms with Crippen molar-refractivity contribution in [1.29, 1.82) is 0 Å². The largest absolute Gasteiger partial charge is 0.364 e. The van der Waals surface area contributed by atoms with Gasteiger partial charge in [-0.1, -0.05) is 20.8 Å². The highest BCUT2D eigenvalue weighted by atomic mass is 16.2. The van der Waals surface area contributed by atoms with Crippen molar-refractivity contribution in [1.82, 2.24) is 25.0 Å². The van der Waals surface area contributed by atoms with Crippen LogP contribution in [0.4, 0.5) is 0 Å². The van der Waals surface area contributed by atoms with Crippen LogP contribution in [0, 0.1) is 11.3 Å². The first-order valence-electron chi connectivity index (χ1n) is 11.3. The minimum absolute atomic E-state index is 0.0752. The van der Waals surface area contributed by atoms with E-state index >= 15 is 0 Å². The summed E-state index contributed by atoms with van der Waals surface area (Å²) in [5.41, 5.74) is 6.36. The predicted octanol–water partition coefficient (Wildman–Crippen LogP) is 1.85. The van der Waals surface area contributed by atoms with Crippen LogP contribution < -0.4 is 11.1 Å². The molecular formula is C23H32N6O3. The van der Waals surface area contributed by atoms with Gasteiger partial charge in [-0.3, -0.25) is 24.0 Å². The van der Waals surface area contributed by atoms with Gasteiger partial charge < -0.3 is 16.0 Å². The zero-order chi connectivity index (χ0) is 23.2. The Morgan fingerprint density at radius 2 is 2.03 bits per heavy atom. The summed E-state index contributed by atoms with van der Waals surface area (Å²) in [6, 6.07) is 1.23. The first-order chi connectivity index (χ1) is 15.1. The van der Waals surface area contributed by atoms with Crippen LogP contribution in [-0.2, 0) is 16.1 Å². The van der Waals surface area contributed by atoms with Gasteiger partial charge in [0.1, 0.15) is 12.6 Å². The Balaban J connectivity index is 1.54. The van der Waals surface area contributed by atoms with Gasteiger partial charge in [-0.05, 0) is 50.0 Å². The van der Waals surface area contributed by atoms with E-state index in [1.54, 1.807) is 23.4 Å². The number of hydrogen-bond acceptors (Lipinski definition) is 5. The molecule has 32 heavy (non-hydrogen) atoms. The van der Waals surface area contributed by atoms with Gasteiger partial charge in [0.15, 0.2) is 5.69 Å². The van der Waals surface area contributed by atoms with Crippen LogP contribution in [0.25, 0.3) is 10.9 Å². The van der Waals surface area contributed by atoms with Crippen molar-refractivity contribution >= 4 is 28.6 Å². The van der Waals surface area contributed by atoms with Crippen molar-refractivity contribution in [3.63, 3.8) is 0 Å². The molecule has 3 N–H and O–H groups in total. The fraction of sp³-hybridized carbons (Fsp3) is 0.609. The first-order valence-corrected chi connectivity index (χ1v) is 11.3. The molecule has 1 aliphatic heterocycles. The average Bonchev–Trinajstić information content (AvgIpc) is 3.36. The van der Waals surface area contributed by atoms with Crippen molar-refractivity contribution in [3.8, 4) is 0 Å². The Bertz CT molecular complexity index is 1060. The van der Waals surface area contributed by atoms with Gasteiger partial charge in [-0.2, -0.15) is 5.10 Å². The van der Waals surface area contributed by atoms with Crippen molar-refractivity contribution < 1.29 is 14.4 Å². The summed E-state index contributed by atoms with van der Waals surface area (Å²) in [6.45, 7) is 8.39. The molecule has 9 heteroatoms. The molecule has 4 atom stereocenters. The van der Waals surface area contributed by atoms with Crippen LogP contribution in [0.2, 0.25) is 0 Å². The van der Waals surface area contributed by atoms with Crippen molar-refractivity contribution in [2.24, 2.45) is 17.1 Å². The van der Waals surface area contributed by atoms with Crippen LogP contribution >= 0.6 is 0 Å². The highest BCUT2D eigenvalue weighted by Crippen LogP contribution is 2.37. The summed E-state index contributed by atoms with van der Waals surface area (Å²) >= 11 is 0. The summed E-state index contributed by atoms with van der Waals surface area (Å²) in [4.78, 5) is 44.1. The molecule has 0 bridgehead atoms. The topological polar surface area (TPSA) is 123 Å². The molecule has 3 heterocycles. The van der Waals surface area contributed by atoms with Gasteiger partial charge >= 0.3 is 0 Å². The number of amides is 3. The molecule has 172 valence electrons. The van der Waals surface area contributed by atoms with Crippen LogP contribution in [0.15, 0.2) is 18.5 Å². The standard InChI is InChI=1S/C23H32N6O3/c1-13-9-17(22(32)26-15-5-7-23(3,4)10-15)29(14(13)2)19(30)12-28-18-11-25-8-6-16(18)20(27-28)21(24)31/h6,8,11,13-15,17H,5,7,9-10,12H2,1-4H3,(H2,24,31)(H,26,32)/t13-,14-,15?,17+/m1/s1. The second kappa shape index (κ2) is 8.18. The summed E-state index contributed by atoms with van der Waals surface area (Å²) < 4.78 is 1.45. The van der Waals surface area contributed by atoms with E-state index in [0.29, 0.717) is 17.3 Å². The fourth-order valence-electron chi connectivity index (χ4n) is 5.24. The van der Waals surface area contributed by atoms with Gasteiger partial charge in [0.2, 0.25) is 11.8 Å². The Morgan fingerprint density at radius 3 is 2.69 bits per heavy atom. The zero-order valence-electron chi connectivity index (χ0n) is 19.2. The van der Waals surface area contributed by atoms with Gasteiger partial charge in [0.25, 0.3) is 5.91 Å². The third-order valence-corrected chi connectivity index (χ3v) is 7.17. The lowest BCUT2D eigenvalue weighted by Crippen LogP contribution is -2.51. The number of carbonyl (C=O) groups excluding carboxylic acids is 3. The summed E-state index contributed by atoms with van der Waals surface area (Å²) in [6.07, 6.45) is 6.74. The van der Waals surface area contributed by atoms with E-state index in [1.165, 1.54) is 4.68 Å². The number of rotatable bonds is 5. The van der Waals surface area contributed by atoms with E-state index in [2.05, 4.69) is 36.2 Å². The molecule has 0 aromatic carbocycles. The highest BCUT2D eigenvalue weighted by molar-refractivity contribution is 6.04. The number of aromatic nitrogens is 3. The van der Waals surface area contributed by atoms with E-state index in [9.17, 15) is 14.4 Å². The highest BCUT2D eigenvalue weighted by Gasteiger charge is 2.44. The number of carbonyl (C=O) groups is 3. The smallest absolute Gasteiger partial charge is 0.269 e. The van der Waals surface area contributed by atoms with E-state index in [1.807, 2.05) is 6.92 Å². The molecule has 2 aliphatic rings. The van der Waals surface area contributed by atoms with E-state index < -0.39 is 11.9 Å². The maximum Gasteiger partial charge on any atom is 0.269 e. The maximum absolute atomic E-state index is 13.4. The maximum atomic E-state index is 13.4. The predicted molar refractivity (Wildman–Crippen MR) is 119 cm³/mol. The van der Waals surface area contributed by atoms with Crippen LogP contribution in [0.3, 0.4) is 0 Å².